The lowest BCUT2D eigenvalue weighted by Crippen LogP contribution is -2.34. The van der Waals surface area contributed by atoms with Crippen molar-refractivity contribution in [3.63, 3.8) is 0 Å². The Morgan fingerprint density at radius 1 is 0.931 bits per heavy atom. The lowest BCUT2D eigenvalue weighted by molar-refractivity contribution is 0.0295. The van der Waals surface area contributed by atoms with Crippen molar-refractivity contribution >= 4 is 17.9 Å². The standard InChI is InChI=1S/C14H13NO2.C9H17NO2/c1-17-14(16)15-13-10-6-5-9-12(13)11-7-3-2-4-8-11;1-9(2,3)12-8(11)10-6-4-5-7-10/h2-10H,1H3,(H,15,16);4-7H2,1-3H3. The van der Waals surface area contributed by atoms with E-state index in [1.54, 1.807) is 4.90 Å². The molecule has 0 spiro atoms. The molecular formula is C23H30N2O4. The first kappa shape index (κ1) is 22.3. The number of nitrogens with zero attached hydrogens (tertiary/aromatic N) is 1. The molecule has 0 radical (unpaired) electrons. The zero-order chi connectivity index (χ0) is 21.3. The summed E-state index contributed by atoms with van der Waals surface area (Å²) >= 11 is 0. The fourth-order valence-electron chi connectivity index (χ4n) is 2.85. The van der Waals surface area contributed by atoms with Crippen LogP contribution in [0.4, 0.5) is 15.3 Å². The summed E-state index contributed by atoms with van der Waals surface area (Å²) in [4.78, 5) is 24.4. The van der Waals surface area contributed by atoms with Crippen molar-refractivity contribution in [2.24, 2.45) is 0 Å². The summed E-state index contributed by atoms with van der Waals surface area (Å²) in [5, 5.41) is 2.70. The van der Waals surface area contributed by atoms with Crippen molar-refractivity contribution in [3.8, 4) is 11.1 Å². The van der Waals surface area contributed by atoms with Crippen LogP contribution in [0.1, 0.15) is 33.6 Å². The van der Waals surface area contributed by atoms with Crippen LogP contribution in [0.5, 0.6) is 0 Å². The summed E-state index contributed by atoms with van der Waals surface area (Å²) in [5.41, 5.74) is 2.41. The van der Waals surface area contributed by atoms with Crippen LogP contribution in [0.25, 0.3) is 11.1 Å². The molecule has 0 saturated carbocycles. The molecule has 6 nitrogen and oxygen atoms in total. The molecule has 156 valence electrons. The Hall–Kier alpha value is -3.02. The van der Waals surface area contributed by atoms with Gasteiger partial charge in [-0.05, 0) is 45.2 Å². The maximum Gasteiger partial charge on any atom is 0.411 e. The average Bonchev–Trinajstić information content (AvgIpc) is 3.23. The van der Waals surface area contributed by atoms with E-state index < -0.39 is 6.09 Å². The van der Waals surface area contributed by atoms with Gasteiger partial charge in [0.2, 0.25) is 0 Å². The highest BCUT2D eigenvalue weighted by Crippen LogP contribution is 2.27. The summed E-state index contributed by atoms with van der Waals surface area (Å²) in [6.07, 6.45) is 1.59. The molecule has 3 rings (SSSR count). The van der Waals surface area contributed by atoms with E-state index in [-0.39, 0.29) is 11.7 Å². The van der Waals surface area contributed by atoms with Crippen molar-refractivity contribution in [3.05, 3.63) is 54.6 Å². The molecule has 0 bridgehead atoms. The lowest BCUT2D eigenvalue weighted by Gasteiger charge is -2.23. The van der Waals surface area contributed by atoms with Crippen LogP contribution in [0, 0.1) is 0 Å². The number of hydrogen-bond acceptors (Lipinski definition) is 4. The SMILES string of the molecule is CC(C)(C)OC(=O)N1CCCC1.COC(=O)Nc1ccccc1-c1ccccc1. The highest BCUT2D eigenvalue weighted by Gasteiger charge is 2.23. The highest BCUT2D eigenvalue weighted by molar-refractivity contribution is 5.91. The first-order chi connectivity index (χ1) is 13.8. The molecule has 1 saturated heterocycles. The quantitative estimate of drug-likeness (QED) is 0.720. The van der Waals surface area contributed by atoms with Gasteiger partial charge in [-0.1, -0.05) is 48.5 Å². The number of nitrogens with one attached hydrogen (secondary N) is 1. The van der Waals surface area contributed by atoms with E-state index in [9.17, 15) is 9.59 Å². The lowest BCUT2D eigenvalue weighted by atomic mass is 10.0. The number of para-hydroxylation sites is 1. The van der Waals surface area contributed by atoms with Gasteiger partial charge in [0.1, 0.15) is 5.60 Å². The zero-order valence-electron chi connectivity index (χ0n) is 17.6. The Balaban J connectivity index is 0.000000221. The van der Waals surface area contributed by atoms with E-state index in [1.165, 1.54) is 7.11 Å². The van der Waals surface area contributed by atoms with E-state index in [1.807, 2.05) is 75.4 Å². The van der Waals surface area contributed by atoms with E-state index in [0.29, 0.717) is 0 Å². The Morgan fingerprint density at radius 2 is 1.52 bits per heavy atom. The molecule has 0 aromatic heterocycles. The number of carbonyl (C=O) groups excluding carboxylic acids is 2. The van der Waals surface area contributed by atoms with Crippen LogP contribution >= 0.6 is 0 Å². The van der Waals surface area contributed by atoms with Crippen molar-refractivity contribution in [2.75, 3.05) is 25.5 Å². The number of benzene rings is 2. The van der Waals surface area contributed by atoms with Crippen LogP contribution in [-0.4, -0.2) is 42.9 Å². The number of ether oxygens (including phenoxy) is 2. The topological polar surface area (TPSA) is 67.9 Å². The van der Waals surface area contributed by atoms with Gasteiger partial charge in [0.05, 0.1) is 12.8 Å². The van der Waals surface area contributed by atoms with E-state index >= 15 is 0 Å². The number of hydrogen-bond donors (Lipinski definition) is 1. The molecule has 2 aromatic rings. The number of amides is 2. The molecule has 29 heavy (non-hydrogen) atoms. The number of anilines is 1. The average molecular weight is 399 g/mol. The molecule has 1 fully saturated rings. The predicted octanol–water partition coefficient (Wildman–Crippen LogP) is 5.55. The number of methoxy groups -OCH3 is 1. The Morgan fingerprint density at radius 3 is 2.10 bits per heavy atom. The molecule has 1 N–H and O–H groups in total. The fraction of sp³-hybridized carbons (Fsp3) is 0.391. The normalized spacial score (nSPS) is 13.2. The number of likely N-dealkylation sites (tertiary alicyclic amines) is 1. The van der Waals surface area contributed by atoms with Crippen LogP contribution in [-0.2, 0) is 9.47 Å². The third-order valence-electron chi connectivity index (χ3n) is 4.19. The van der Waals surface area contributed by atoms with Crippen LogP contribution in [0.2, 0.25) is 0 Å². The van der Waals surface area contributed by atoms with Crippen LogP contribution < -0.4 is 5.32 Å². The minimum absolute atomic E-state index is 0.167. The smallest absolute Gasteiger partial charge is 0.411 e. The van der Waals surface area contributed by atoms with Crippen LogP contribution in [0.3, 0.4) is 0 Å². The summed E-state index contributed by atoms with van der Waals surface area (Å²) in [6, 6.07) is 17.5. The second-order valence-electron chi connectivity index (χ2n) is 7.70. The molecule has 0 atom stereocenters. The third-order valence-corrected chi connectivity index (χ3v) is 4.19. The van der Waals surface area contributed by atoms with Gasteiger partial charge in [-0.15, -0.1) is 0 Å². The van der Waals surface area contributed by atoms with Gasteiger partial charge in [-0.2, -0.15) is 0 Å². The van der Waals surface area contributed by atoms with Gasteiger partial charge >= 0.3 is 12.2 Å². The Bertz CT molecular complexity index is 794. The molecule has 2 amide bonds. The third kappa shape index (κ3) is 7.49. The maximum atomic E-state index is 11.4. The molecule has 2 aromatic carbocycles. The monoisotopic (exact) mass is 398 g/mol. The number of carbonyl (C=O) groups is 2. The molecule has 0 aliphatic carbocycles. The summed E-state index contributed by atoms with van der Waals surface area (Å²) in [6.45, 7) is 7.38. The van der Waals surface area contributed by atoms with Crippen LogP contribution in [0.15, 0.2) is 54.6 Å². The molecule has 1 aliphatic rings. The first-order valence-corrected chi connectivity index (χ1v) is 9.77. The highest BCUT2D eigenvalue weighted by atomic mass is 16.6. The summed E-state index contributed by atoms with van der Waals surface area (Å²) in [7, 11) is 1.35. The van der Waals surface area contributed by atoms with E-state index in [2.05, 4.69) is 10.1 Å². The predicted molar refractivity (Wildman–Crippen MR) is 115 cm³/mol. The molecule has 0 unspecified atom stereocenters. The van der Waals surface area contributed by atoms with E-state index in [0.717, 1.165) is 42.7 Å². The molecule has 6 heteroatoms. The van der Waals surface area contributed by atoms with E-state index in [4.69, 9.17) is 4.74 Å². The van der Waals surface area contributed by atoms with Gasteiger partial charge < -0.3 is 14.4 Å². The Labute approximate surface area is 172 Å². The second-order valence-corrected chi connectivity index (χ2v) is 7.70. The van der Waals surface area contributed by atoms with Crippen molar-refractivity contribution in [1.29, 1.82) is 0 Å². The first-order valence-electron chi connectivity index (χ1n) is 9.77. The minimum atomic E-state index is -0.464. The van der Waals surface area contributed by atoms with Gasteiger partial charge in [0.25, 0.3) is 0 Å². The molecule has 1 heterocycles. The van der Waals surface area contributed by atoms with Gasteiger partial charge in [-0.3, -0.25) is 5.32 Å². The number of rotatable bonds is 2. The largest absolute Gasteiger partial charge is 0.453 e. The summed E-state index contributed by atoms with van der Waals surface area (Å²) < 4.78 is 9.80. The molecular weight excluding hydrogens is 368 g/mol. The van der Waals surface area contributed by atoms with Crippen molar-refractivity contribution in [1.82, 2.24) is 4.90 Å². The Kier molecular flexibility index (Phi) is 8.07. The van der Waals surface area contributed by atoms with Gasteiger partial charge in [0.15, 0.2) is 0 Å². The summed E-state index contributed by atoms with van der Waals surface area (Å²) in [5.74, 6) is 0. The second kappa shape index (κ2) is 10.5. The van der Waals surface area contributed by atoms with Crippen molar-refractivity contribution < 1.29 is 19.1 Å². The van der Waals surface area contributed by atoms with Gasteiger partial charge in [-0.25, -0.2) is 9.59 Å². The minimum Gasteiger partial charge on any atom is -0.453 e. The fourth-order valence-corrected chi connectivity index (χ4v) is 2.85. The van der Waals surface area contributed by atoms with Gasteiger partial charge in [0, 0.05) is 18.7 Å². The molecule has 1 aliphatic heterocycles. The maximum absolute atomic E-state index is 11.4. The van der Waals surface area contributed by atoms with Crippen molar-refractivity contribution in [2.45, 2.75) is 39.2 Å². The zero-order valence-corrected chi connectivity index (χ0v) is 17.6.